The summed E-state index contributed by atoms with van der Waals surface area (Å²) in [6.07, 6.45) is -1.22. The van der Waals surface area contributed by atoms with Crippen molar-refractivity contribution in [1.29, 1.82) is 0 Å². The van der Waals surface area contributed by atoms with E-state index in [1.54, 1.807) is 12.1 Å². The van der Waals surface area contributed by atoms with Gasteiger partial charge in [-0.2, -0.15) is 5.21 Å². The van der Waals surface area contributed by atoms with Crippen LogP contribution in [0.1, 0.15) is 17.3 Å². The Labute approximate surface area is 119 Å². The van der Waals surface area contributed by atoms with Gasteiger partial charge in [-0.15, -0.1) is 10.2 Å². The molecule has 2 rings (SSSR count). The Bertz CT molecular complexity index is 641. The van der Waals surface area contributed by atoms with Gasteiger partial charge >= 0.3 is 5.97 Å². The summed E-state index contributed by atoms with van der Waals surface area (Å²) in [5.74, 6) is -1.61. The number of aliphatic carboxylic acids is 1. The van der Waals surface area contributed by atoms with Crippen molar-refractivity contribution in [3.63, 3.8) is 0 Å². The molecule has 9 nitrogen and oxygen atoms in total. The normalized spacial score (nSPS) is 13.4. The fourth-order valence-corrected chi connectivity index (χ4v) is 1.70. The molecule has 0 radical (unpaired) electrons. The highest BCUT2D eigenvalue weighted by atomic mass is 16.4. The Balaban J connectivity index is 2.20. The fraction of sp³-hybridized carbons (Fsp3) is 0.250. The second kappa shape index (κ2) is 6.09. The zero-order valence-corrected chi connectivity index (χ0v) is 11.0. The summed E-state index contributed by atoms with van der Waals surface area (Å²) in [5.41, 5.74) is 0.782. The van der Waals surface area contributed by atoms with Crippen molar-refractivity contribution in [1.82, 2.24) is 25.9 Å². The quantitative estimate of drug-likeness (QED) is 0.578. The monoisotopic (exact) mass is 291 g/mol. The molecule has 110 valence electrons. The maximum Gasteiger partial charge on any atom is 0.328 e. The van der Waals surface area contributed by atoms with E-state index in [0.717, 1.165) is 0 Å². The van der Waals surface area contributed by atoms with Crippen LogP contribution in [0.3, 0.4) is 0 Å². The molecule has 0 spiro atoms. The van der Waals surface area contributed by atoms with E-state index in [-0.39, 0.29) is 5.56 Å². The van der Waals surface area contributed by atoms with Crippen molar-refractivity contribution < 1.29 is 19.8 Å². The van der Waals surface area contributed by atoms with Crippen LogP contribution in [0.5, 0.6) is 0 Å². The molecule has 1 aromatic carbocycles. The number of aromatic amines is 1. The lowest BCUT2D eigenvalue weighted by atomic mass is 10.1. The maximum atomic E-state index is 12.0. The lowest BCUT2D eigenvalue weighted by Crippen LogP contribution is -2.47. The number of amides is 1. The van der Waals surface area contributed by atoms with E-state index in [2.05, 4.69) is 25.9 Å². The molecule has 1 aromatic heterocycles. The van der Waals surface area contributed by atoms with Gasteiger partial charge in [-0.3, -0.25) is 4.79 Å². The third-order valence-corrected chi connectivity index (χ3v) is 2.76. The Morgan fingerprint density at radius 2 is 2.14 bits per heavy atom. The van der Waals surface area contributed by atoms with Crippen LogP contribution in [0.2, 0.25) is 0 Å². The second-order valence-corrected chi connectivity index (χ2v) is 4.35. The van der Waals surface area contributed by atoms with E-state index < -0.39 is 24.0 Å². The molecule has 2 atom stereocenters. The number of carboxylic acid groups (broad SMARTS) is 1. The lowest BCUT2D eigenvalue weighted by molar-refractivity contribution is -0.141. The number of nitrogens with zero attached hydrogens (tertiary/aromatic N) is 3. The largest absolute Gasteiger partial charge is 0.480 e. The summed E-state index contributed by atoms with van der Waals surface area (Å²) < 4.78 is 0. The lowest BCUT2D eigenvalue weighted by Gasteiger charge is -2.17. The molecule has 2 aromatic rings. The predicted octanol–water partition coefficient (Wildman–Crippen LogP) is -0.570. The Hall–Kier alpha value is -2.81. The number of rotatable bonds is 5. The van der Waals surface area contributed by atoms with Gasteiger partial charge in [0.05, 0.1) is 6.10 Å². The number of nitrogens with one attached hydrogen (secondary N) is 2. The summed E-state index contributed by atoms with van der Waals surface area (Å²) >= 11 is 0. The van der Waals surface area contributed by atoms with E-state index in [0.29, 0.717) is 11.4 Å². The molecule has 0 aliphatic heterocycles. The molecule has 2 unspecified atom stereocenters. The molecule has 1 amide bonds. The van der Waals surface area contributed by atoms with Crippen LogP contribution in [0.4, 0.5) is 0 Å². The van der Waals surface area contributed by atoms with Crippen LogP contribution < -0.4 is 5.32 Å². The van der Waals surface area contributed by atoms with Gasteiger partial charge in [0.15, 0.2) is 6.04 Å². The SMILES string of the molecule is CC(O)C(NC(=O)c1cccc(-c2nn[nH]n2)c1)C(=O)O. The number of tetrazole rings is 1. The number of aliphatic hydroxyl groups excluding tert-OH is 1. The fourth-order valence-electron chi connectivity index (χ4n) is 1.70. The van der Waals surface area contributed by atoms with Crippen molar-refractivity contribution in [2.75, 3.05) is 0 Å². The highest BCUT2D eigenvalue weighted by molar-refractivity contribution is 5.97. The molecule has 4 N–H and O–H groups in total. The molecule has 0 fully saturated rings. The number of hydrogen-bond acceptors (Lipinski definition) is 6. The minimum absolute atomic E-state index is 0.226. The van der Waals surface area contributed by atoms with Crippen molar-refractivity contribution in [2.24, 2.45) is 0 Å². The number of carbonyl (C=O) groups is 2. The minimum Gasteiger partial charge on any atom is -0.480 e. The predicted molar refractivity (Wildman–Crippen MR) is 70.2 cm³/mol. The highest BCUT2D eigenvalue weighted by Crippen LogP contribution is 2.15. The molecule has 1 heterocycles. The Kier molecular flexibility index (Phi) is 4.24. The molecule has 0 saturated carbocycles. The number of aromatic nitrogens is 4. The first-order chi connectivity index (χ1) is 9.99. The second-order valence-electron chi connectivity index (χ2n) is 4.35. The minimum atomic E-state index is -1.38. The van der Waals surface area contributed by atoms with Crippen molar-refractivity contribution in [2.45, 2.75) is 19.1 Å². The first kappa shape index (κ1) is 14.6. The van der Waals surface area contributed by atoms with E-state index in [9.17, 15) is 14.7 Å². The van der Waals surface area contributed by atoms with E-state index >= 15 is 0 Å². The van der Waals surface area contributed by atoms with Crippen LogP contribution in [-0.4, -0.2) is 54.9 Å². The Morgan fingerprint density at radius 3 is 2.71 bits per heavy atom. The van der Waals surface area contributed by atoms with Crippen LogP contribution in [0, 0.1) is 0 Å². The van der Waals surface area contributed by atoms with Gasteiger partial charge in [0.2, 0.25) is 5.82 Å². The number of benzene rings is 1. The third kappa shape index (κ3) is 3.39. The van der Waals surface area contributed by atoms with Crippen LogP contribution in [0.25, 0.3) is 11.4 Å². The molecule has 0 bridgehead atoms. The van der Waals surface area contributed by atoms with Crippen molar-refractivity contribution in [3.8, 4) is 11.4 Å². The molecule has 21 heavy (non-hydrogen) atoms. The molecule has 0 aliphatic rings. The van der Waals surface area contributed by atoms with E-state index in [1.165, 1.54) is 19.1 Å². The first-order valence-electron chi connectivity index (χ1n) is 6.04. The maximum absolute atomic E-state index is 12.0. The first-order valence-corrected chi connectivity index (χ1v) is 6.04. The smallest absolute Gasteiger partial charge is 0.328 e. The Morgan fingerprint density at radius 1 is 1.38 bits per heavy atom. The zero-order chi connectivity index (χ0) is 15.4. The van der Waals surface area contributed by atoms with Crippen LogP contribution in [-0.2, 0) is 4.79 Å². The van der Waals surface area contributed by atoms with Gasteiger partial charge in [0, 0.05) is 11.1 Å². The van der Waals surface area contributed by atoms with Gasteiger partial charge in [0.25, 0.3) is 5.91 Å². The number of carbonyl (C=O) groups excluding carboxylic acids is 1. The van der Waals surface area contributed by atoms with Gasteiger partial charge in [-0.25, -0.2) is 4.79 Å². The van der Waals surface area contributed by atoms with Crippen molar-refractivity contribution in [3.05, 3.63) is 29.8 Å². The molecular weight excluding hydrogens is 278 g/mol. The number of hydrogen-bond donors (Lipinski definition) is 4. The van der Waals surface area contributed by atoms with Crippen LogP contribution in [0.15, 0.2) is 24.3 Å². The number of carboxylic acids is 1. The topological polar surface area (TPSA) is 141 Å². The average Bonchev–Trinajstić information content (AvgIpc) is 2.98. The van der Waals surface area contributed by atoms with Crippen LogP contribution >= 0.6 is 0 Å². The van der Waals surface area contributed by atoms with Gasteiger partial charge in [0.1, 0.15) is 0 Å². The van der Waals surface area contributed by atoms with E-state index in [4.69, 9.17) is 5.11 Å². The summed E-state index contributed by atoms with van der Waals surface area (Å²) in [6, 6.07) is 4.93. The summed E-state index contributed by atoms with van der Waals surface area (Å²) in [4.78, 5) is 23.0. The summed E-state index contributed by atoms with van der Waals surface area (Å²) in [5, 5.41) is 33.8. The van der Waals surface area contributed by atoms with Gasteiger partial charge < -0.3 is 15.5 Å². The average molecular weight is 291 g/mol. The molecule has 0 aliphatic carbocycles. The van der Waals surface area contributed by atoms with Gasteiger partial charge in [-0.05, 0) is 24.3 Å². The number of aliphatic hydroxyl groups is 1. The van der Waals surface area contributed by atoms with E-state index in [1.807, 2.05) is 0 Å². The highest BCUT2D eigenvalue weighted by Gasteiger charge is 2.25. The molecular formula is C12H13N5O4. The third-order valence-electron chi connectivity index (χ3n) is 2.76. The van der Waals surface area contributed by atoms with Crippen molar-refractivity contribution >= 4 is 11.9 Å². The summed E-state index contributed by atoms with van der Waals surface area (Å²) in [7, 11) is 0. The standard InChI is InChI=1S/C12H13N5O4/c1-6(18)9(12(20)21)13-11(19)8-4-2-3-7(5-8)10-14-16-17-15-10/h2-6,9,18H,1H3,(H,13,19)(H,20,21)(H,14,15,16,17). The molecule has 9 heteroatoms. The van der Waals surface area contributed by atoms with Gasteiger partial charge in [-0.1, -0.05) is 12.1 Å². The molecule has 0 saturated heterocycles. The zero-order valence-electron chi connectivity index (χ0n) is 11.0. The number of H-pyrrole nitrogens is 1. The summed E-state index contributed by atoms with van der Waals surface area (Å²) in [6.45, 7) is 1.29.